The van der Waals surface area contributed by atoms with Gasteiger partial charge in [0, 0.05) is 30.6 Å². The number of benzene rings is 2. The number of phenols is 2. The first-order valence-electron chi connectivity index (χ1n) is 14.5. The molecule has 0 radical (unpaired) electrons. The smallest absolute Gasteiger partial charge is 0.120 e. The molecule has 0 spiro atoms. The third kappa shape index (κ3) is 6.90. The van der Waals surface area contributed by atoms with Gasteiger partial charge in [-0.1, -0.05) is 62.8 Å². The van der Waals surface area contributed by atoms with Crippen LogP contribution in [0.1, 0.15) is 86.8 Å². The molecule has 0 aliphatic heterocycles. The third-order valence-electron chi connectivity index (χ3n) is 9.13. The number of rotatable bonds is 10. The molecule has 0 heterocycles. The first-order valence-corrected chi connectivity index (χ1v) is 14.5. The van der Waals surface area contributed by atoms with E-state index in [2.05, 4.69) is 15.9 Å². The van der Waals surface area contributed by atoms with Gasteiger partial charge in [-0.15, -0.1) is 0 Å². The van der Waals surface area contributed by atoms with Gasteiger partial charge in [0.25, 0.3) is 0 Å². The van der Waals surface area contributed by atoms with Gasteiger partial charge < -0.3 is 30.2 Å². The van der Waals surface area contributed by atoms with Crippen LogP contribution in [0.4, 0.5) is 0 Å². The highest BCUT2D eigenvalue weighted by Crippen LogP contribution is 2.41. The van der Waals surface area contributed by atoms with Gasteiger partial charge in [-0.25, -0.2) is 0 Å². The van der Waals surface area contributed by atoms with E-state index in [4.69, 9.17) is 0 Å². The van der Waals surface area contributed by atoms with Gasteiger partial charge in [0.15, 0.2) is 0 Å². The number of likely N-dealkylation sites (N-methyl/N-ethyl adjacent to an activating group) is 2. The van der Waals surface area contributed by atoms with Crippen molar-refractivity contribution in [3.05, 3.63) is 59.2 Å². The first-order chi connectivity index (χ1) is 18.1. The van der Waals surface area contributed by atoms with Crippen LogP contribution < -0.4 is 0 Å². The Morgan fingerprint density at radius 1 is 0.763 bits per heavy atom. The average Bonchev–Trinajstić information content (AvgIpc) is 2.89. The molecule has 2 aromatic carbocycles. The van der Waals surface area contributed by atoms with Gasteiger partial charge in [-0.2, -0.15) is 0 Å². The Morgan fingerprint density at radius 3 is 1.92 bits per heavy atom. The first kappa shape index (κ1) is 28.9. The molecule has 2 aliphatic carbocycles. The second-order valence-corrected chi connectivity index (χ2v) is 12.3. The van der Waals surface area contributed by atoms with E-state index in [-0.39, 0.29) is 23.5 Å². The molecule has 0 aromatic heterocycles. The molecule has 4 rings (SSSR count). The summed E-state index contributed by atoms with van der Waals surface area (Å²) in [6.07, 6.45) is 10.5. The van der Waals surface area contributed by atoms with E-state index >= 15 is 0 Å². The maximum absolute atomic E-state index is 11.7. The summed E-state index contributed by atoms with van der Waals surface area (Å²) in [4.78, 5) is 4.33. The van der Waals surface area contributed by atoms with E-state index in [1.807, 2.05) is 39.3 Å². The minimum Gasteiger partial charge on any atom is -0.508 e. The molecule has 2 aliphatic rings. The summed E-state index contributed by atoms with van der Waals surface area (Å²) in [5.41, 5.74) is 1.56. The average molecular weight is 525 g/mol. The lowest BCUT2D eigenvalue weighted by Crippen LogP contribution is -2.52. The molecule has 2 fully saturated rings. The predicted molar refractivity (Wildman–Crippen MR) is 153 cm³/mol. The van der Waals surface area contributed by atoms with E-state index in [0.29, 0.717) is 13.1 Å². The second kappa shape index (κ2) is 12.4. The Kier molecular flexibility index (Phi) is 9.40. The Morgan fingerprint density at radius 2 is 1.34 bits per heavy atom. The summed E-state index contributed by atoms with van der Waals surface area (Å²) in [5.74, 6) is 0.417. The van der Waals surface area contributed by atoms with Gasteiger partial charge >= 0.3 is 0 Å². The fourth-order valence-electron chi connectivity index (χ4n) is 6.94. The molecule has 0 bridgehead atoms. The zero-order chi connectivity index (χ0) is 27.3. The minimum atomic E-state index is -0.776. The van der Waals surface area contributed by atoms with E-state index in [1.54, 1.807) is 18.2 Å². The van der Waals surface area contributed by atoms with Crippen molar-refractivity contribution in [3.63, 3.8) is 0 Å². The summed E-state index contributed by atoms with van der Waals surface area (Å²) >= 11 is 0. The molecular weight excluding hydrogens is 476 g/mol. The molecule has 2 unspecified atom stereocenters. The zero-order valence-corrected chi connectivity index (χ0v) is 23.6. The Hall–Kier alpha value is -2.12. The highest BCUT2D eigenvalue weighted by atomic mass is 16.3. The third-order valence-corrected chi connectivity index (χ3v) is 9.13. The quantitative estimate of drug-likeness (QED) is 0.343. The van der Waals surface area contributed by atoms with E-state index in [9.17, 15) is 20.4 Å². The molecule has 38 heavy (non-hydrogen) atoms. The largest absolute Gasteiger partial charge is 0.508 e. The number of aliphatic hydroxyl groups is 2. The van der Waals surface area contributed by atoms with Crippen LogP contribution in [0.3, 0.4) is 0 Å². The van der Waals surface area contributed by atoms with Crippen LogP contribution in [0.25, 0.3) is 0 Å². The maximum atomic E-state index is 11.7. The van der Waals surface area contributed by atoms with Crippen LogP contribution in [0.15, 0.2) is 42.5 Å². The van der Waals surface area contributed by atoms with Crippen LogP contribution in [0.5, 0.6) is 11.5 Å². The van der Waals surface area contributed by atoms with Crippen molar-refractivity contribution < 1.29 is 20.4 Å². The van der Waals surface area contributed by atoms with Crippen molar-refractivity contribution in [1.29, 1.82) is 0 Å². The number of phenolic OH excluding ortho intramolecular Hbond substituents is 2. The summed E-state index contributed by atoms with van der Waals surface area (Å²) < 4.78 is 0. The van der Waals surface area contributed by atoms with Crippen LogP contribution in [0, 0.1) is 0 Å². The molecule has 6 nitrogen and oxygen atoms in total. The van der Waals surface area contributed by atoms with Crippen LogP contribution in [-0.2, 0) is 13.0 Å². The van der Waals surface area contributed by atoms with Crippen molar-refractivity contribution in [1.82, 2.24) is 9.80 Å². The van der Waals surface area contributed by atoms with Crippen LogP contribution in [-0.4, -0.2) is 75.2 Å². The zero-order valence-electron chi connectivity index (χ0n) is 23.6. The summed E-state index contributed by atoms with van der Waals surface area (Å²) in [5, 5.41) is 43.7. The maximum Gasteiger partial charge on any atom is 0.120 e. The van der Waals surface area contributed by atoms with Crippen LogP contribution in [0.2, 0.25) is 0 Å². The molecule has 0 amide bonds. The van der Waals surface area contributed by atoms with Gasteiger partial charge in [0.1, 0.15) is 11.5 Å². The molecule has 4 N–H and O–H groups in total. The van der Waals surface area contributed by atoms with Gasteiger partial charge in [0.2, 0.25) is 0 Å². The van der Waals surface area contributed by atoms with Crippen molar-refractivity contribution in [2.45, 2.75) is 100 Å². The Bertz CT molecular complexity index is 1030. The number of nitrogens with zero attached hydrogens (tertiary/aromatic N) is 2. The molecule has 2 atom stereocenters. The van der Waals surface area contributed by atoms with Crippen molar-refractivity contribution in [3.8, 4) is 11.5 Å². The van der Waals surface area contributed by atoms with Crippen molar-refractivity contribution in [2.75, 3.05) is 27.7 Å². The lowest BCUT2D eigenvalue weighted by molar-refractivity contribution is -0.0601. The van der Waals surface area contributed by atoms with Gasteiger partial charge in [-0.05, 0) is 82.6 Å². The highest BCUT2D eigenvalue weighted by molar-refractivity contribution is 5.37. The number of aromatic hydroxyl groups is 2. The lowest BCUT2D eigenvalue weighted by atomic mass is 9.72. The topological polar surface area (TPSA) is 87.4 Å². The SMILES string of the molecule is CN(Cc1cc(CC(N(C)C)C2(O)CCCCC2)ccc1O)CC(c1ccc(O)cc1)C1(O)CCCCC1. The summed E-state index contributed by atoms with van der Waals surface area (Å²) in [7, 11) is 6.14. The summed E-state index contributed by atoms with van der Waals surface area (Å²) in [6, 6.07) is 13.1. The fraction of sp³-hybridized carbons (Fsp3) is 0.625. The van der Waals surface area contributed by atoms with Crippen molar-refractivity contribution in [2.24, 2.45) is 0 Å². The monoisotopic (exact) mass is 524 g/mol. The van der Waals surface area contributed by atoms with E-state index < -0.39 is 11.2 Å². The molecule has 210 valence electrons. The molecule has 2 saturated carbocycles. The van der Waals surface area contributed by atoms with Crippen molar-refractivity contribution >= 4 is 0 Å². The predicted octanol–water partition coefficient (Wildman–Crippen LogP) is 5.18. The van der Waals surface area contributed by atoms with E-state index in [1.165, 1.54) is 6.42 Å². The van der Waals surface area contributed by atoms with E-state index in [0.717, 1.165) is 80.9 Å². The van der Waals surface area contributed by atoms with Crippen LogP contribution >= 0.6 is 0 Å². The molecule has 6 heteroatoms. The highest BCUT2D eigenvalue weighted by Gasteiger charge is 2.40. The standard InChI is InChI=1S/C32H48N2O4/c1-33(2)30(32(38)18-8-5-9-19-32)21-24-10-15-29(36)26(20-24)22-34(3)23-28(25-11-13-27(35)14-12-25)31(37)16-6-4-7-17-31/h10-15,20,28,30,35-38H,4-9,16-19,21-23H2,1-3H3. The minimum absolute atomic E-state index is 0.0253. The Labute approximate surface area is 228 Å². The molecule has 2 aromatic rings. The molecular formula is C32H48N2O4. The van der Waals surface area contributed by atoms with Gasteiger partial charge in [0.05, 0.1) is 11.2 Å². The summed E-state index contributed by atoms with van der Waals surface area (Å²) in [6.45, 7) is 1.20. The normalized spacial score (nSPS) is 20.9. The second-order valence-electron chi connectivity index (χ2n) is 12.3. The fourth-order valence-corrected chi connectivity index (χ4v) is 6.94. The van der Waals surface area contributed by atoms with Gasteiger partial charge in [-0.3, -0.25) is 0 Å². The lowest BCUT2D eigenvalue weighted by Gasteiger charge is -2.43. The molecule has 0 saturated heterocycles. The Balaban J connectivity index is 1.51. The number of hydrogen-bond donors (Lipinski definition) is 4. The number of hydrogen-bond acceptors (Lipinski definition) is 6.